The Hall–Kier alpha value is -4.43. The maximum atomic E-state index is 14.2. The van der Waals surface area contributed by atoms with Crippen molar-refractivity contribution in [1.82, 2.24) is 30.0 Å². The molecule has 4 aliphatic rings. The predicted molar refractivity (Wildman–Crippen MR) is 210 cm³/mol. The number of anilines is 1. The van der Waals surface area contributed by atoms with Gasteiger partial charge in [0, 0.05) is 60.5 Å². The summed E-state index contributed by atoms with van der Waals surface area (Å²) >= 11 is 0. The lowest BCUT2D eigenvalue weighted by Crippen LogP contribution is -2.62. The summed E-state index contributed by atoms with van der Waals surface area (Å²) in [6.45, 7) is 15.1. The van der Waals surface area contributed by atoms with Crippen molar-refractivity contribution in [2.75, 3.05) is 57.4 Å². The number of hydrogen-bond donors (Lipinski definition) is 1. The summed E-state index contributed by atoms with van der Waals surface area (Å²) in [5.74, 6) is 1.39. The Morgan fingerprint density at radius 1 is 1.05 bits per heavy atom. The topological polar surface area (TPSA) is 107 Å². The number of likely N-dealkylation sites (tertiary alicyclic amines) is 1. The molecule has 11 nitrogen and oxygen atoms in total. The van der Waals surface area contributed by atoms with Gasteiger partial charge in [-0.05, 0) is 115 Å². The third-order valence-electron chi connectivity index (χ3n) is 11.8. The van der Waals surface area contributed by atoms with E-state index in [1.54, 1.807) is 17.2 Å². The van der Waals surface area contributed by atoms with E-state index in [9.17, 15) is 18.0 Å². The first-order valence-corrected chi connectivity index (χ1v) is 20.0. The van der Waals surface area contributed by atoms with Crippen molar-refractivity contribution < 1.29 is 32.2 Å². The molecule has 2 aromatic heterocycles. The summed E-state index contributed by atoms with van der Waals surface area (Å²) in [6, 6.07) is 5.94. The molecule has 1 amide bonds. The summed E-state index contributed by atoms with van der Waals surface area (Å²) < 4.78 is 62.0. The average molecular weight is 776 g/mol. The average Bonchev–Trinajstić information content (AvgIpc) is 3.59. The molecule has 4 aromatic rings. The monoisotopic (exact) mass is 775 g/mol. The number of ether oxygens (including phenoxy) is 3. The summed E-state index contributed by atoms with van der Waals surface area (Å²) in [4.78, 5) is 27.1. The number of alkyl halides is 3. The second kappa shape index (κ2) is 14.8. The van der Waals surface area contributed by atoms with Gasteiger partial charge in [0.05, 0.1) is 11.7 Å². The standard InChI is InChI=1S/C42H52F3N7O4/c1-6-27-21-29-35(36(55-25-42(43,44)45)34(27)33-26(2)10-11-31-30(33)22-47-52(31)32-9-7-8-20-54-32)48-37(28-12-16-46-17-13-28)49-38(29)50-18-14-41(15-19-50)23-51(24-41)39(53)56-40(3,4)5/h6,10-11,21-22,28,32,46H,1,7-9,12-20,23-25H2,2-5H3. The van der Waals surface area contributed by atoms with Gasteiger partial charge in [-0.15, -0.1) is 0 Å². The number of aromatic nitrogens is 4. The summed E-state index contributed by atoms with van der Waals surface area (Å²) in [7, 11) is 0. The third kappa shape index (κ3) is 7.54. The van der Waals surface area contributed by atoms with Gasteiger partial charge >= 0.3 is 12.3 Å². The van der Waals surface area contributed by atoms with Crippen molar-refractivity contribution in [2.45, 2.75) is 96.6 Å². The van der Waals surface area contributed by atoms with E-state index in [2.05, 4.69) is 16.8 Å². The molecule has 1 unspecified atom stereocenters. The van der Waals surface area contributed by atoms with Gasteiger partial charge in [-0.1, -0.05) is 18.7 Å². The van der Waals surface area contributed by atoms with E-state index >= 15 is 0 Å². The highest BCUT2D eigenvalue weighted by atomic mass is 19.4. The first-order valence-electron chi connectivity index (χ1n) is 20.0. The van der Waals surface area contributed by atoms with Crippen LogP contribution in [0.1, 0.15) is 94.8 Å². The maximum absolute atomic E-state index is 14.2. The summed E-state index contributed by atoms with van der Waals surface area (Å²) in [6.07, 6.45) is 4.48. The number of hydrogen-bond acceptors (Lipinski definition) is 9. The second-order valence-corrected chi connectivity index (χ2v) is 17.0. The van der Waals surface area contributed by atoms with Gasteiger partial charge in [-0.2, -0.15) is 18.3 Å². The molecule has 4 aliphatic heterocycles. The van der Waals surface area contributed by atoms with Crippen LogP contribution in [0.15, 0.2) is 31.0 Å². The van der Waals surface area contributed by atoms with Crippen molar-refractivity contribution >= 4 is 39.8 Å². The van der Waals surface area contributed by atoms with E-state index < -0.39 is 18.4 Å². The zero-order valence-corrected chi connectivity index (χ0v) is 32.8. The van der Waals surface area contributed by atoms with E-state index in [-0.39, 0.29) is 29.4 Å². The van der Waals surface area contributed by atoms with Gasteiger partial charge in [0.1, 0.15) is 22.8 Å². The molecule has 2 aromatic carbocycles. The molecule has 300 valence electrons. The largest absolute Gasteiger partial charge is 0.481 e. The van der Waals surface area contributed by atoms with Crippen LogP contribution in [0.5, 0.6) is 5.75 Å². The van der Waals surface area contributed by atoms with Crippen molar-refractivity contribution in [1.29, 1.82) is 0 Å². The molecule has 0 radical (unpaired) electrons. The summed E-state index contributed by atoms with van der Waals surface area (Å²) in [5.41, 5.74) is 3.30. The first-order chi connectivity index (χ1) is 26.7. The molecule has 0 saturated carbocycles. The molecule has 4 saturated heterocycles. The van der Waals surface area contributed by atoms with Gasteiger partial charge < -0.3 is 29.3 Å². The van der Waals surface area contributed by atoms with Crippen LogP contribution in [-0.4, -0.2) is 95.0 Å². The van der Waals surface area contributed by atoms with Crippen LogP contribution in [0.3, 0.4) is 0 Å². The lowest BCUT2D eigenvalue weighted by molar-refractivity contribution is -0.153. The molecule has 0 aliphatic carbocycles. The lowest BCUT2D eigenvalue weighted by Gasteiger charge is -2.53. The molecule has 1 spiro atoms. The number of halogens is 3. The van der Waals surface area contributed by atoms with Crippen LogP contribution < -0.4 is 15.0 Å². The Bertz CT molecular complexity index is 2120. The first kappa shape index (κ1) is 38.4. The smallest absolute Gasteiger partial charge is 0.422 e. The zero-order chi connectivity index (χ0) is 39.4. The molecule has 14 heteroatoms. The quantitative estimate of drug-likeness (QED) is 0.198. The third-order valence-corrected chi connectivity index (χ3v) is 11.8. The van der Waals surface area contributed by atoms with Gasteiger partial charge in [0.2, 0.25) is 0 Å². The van der Waals surface area contributed by atoms with Gasteiger partial charge in [0.25, 0.3) is 0 Å². The van der Waals surface area contributed by atoms with Crippen molar-refractivity contribution in [3.8, 4) is 16.9 Å². The molecular weight excluding hydrogens is 724 g/mol. The SMILES string of the molecule is C=Cc1cc2c(N3CCC4(CC3)CN(C(=O)OC(C)(C)C)C4)nc(C3CCNCC3)nc2c(OCC(F)(F)F)c1-c1c(C)ccc2c1cnn2C1CCCCO1. The molecule has 6 heterocycles. The number of benzene rings is 2. The van der Waals surface area contributed by atoms with Crippen LogP contribution in [-0.2, 0) is 9.47 Å². The molecule has 1 atom stereocenters. The number of nitrogens with zero attached hydrogens (tertiary/aromatic N) is 6. The van der Waals surface area contributed by atoms with E-state index in [1.807, 2.05) is 50.6 Å². The van der Waals surface area contributed by atoms with Crippen LogP contribution in [0, 0.1) is 12.3 Å². The van der Waals surface area contributed by atoms with Crippen LogP contribution in [0.2, 0.25) is 0 Å². The van der Waals surface area contributed by atoms with Crippen molar-refractivity contribution in [3.05, 3.63) is 47.9 Å². The number of rotatable bonds is 7. The predicted octanol–water partition coefficient (Wildman–Crippen LogP) is 8.54. The normalized spacial score (nSPS) is 20.7. The minimum absolute atomic E-state index is 0.0160. The zero-order valence-electron chi connectivity index (χ0n) is 32.8. The highest BCUT2D eigenvalue weighted by Crippen LogP contribution is 2.48. The van der Waals surface area contributed by atoms with Crippen molar-refractivity contribution in [2.24, 2.45) is 5.41 Å². The Labute approximate surface area is 325 Å². The molecule has 56 heavy (non-hydrogen) atoms. The van der Waals surface area contributed by atoms with Crippen LogP contribution in [0.25, 0.3) is 39.0 Å². The minimum Gasteiger partial charge on any atom is -0.481 e. The van der Waals surface area contributed by atoms with Crippen molar-refractivity contribution in [3.63, 3.8) is 0 Å². The minimum atomic E-state index is -4.59. The number of amides is 1. The number of nitrogens with one attached hydrogen (secondary N) is 1. The number of carbonyl (C=O) groups excluding carboxylic acids is 1. The van der Waals surface area contributed by atoms with Gasteiger partial charge in [-0.25, -0.2) is 19.4 Å². The fourth-order valence-electron chi connectivity index (χ4n) is 8.91. The fourth-order valence-corrected chi connectivity index (χ4v) is 8.91. The second-order valence-electron chi connectivity index (χ2n) is 17.0. The Morgan fingerprint density at radius 2 is 1.80 bits per heavy atom. The number of fused-ring (bicyclic) bond motifs is 2. The number of piperidine rings is 2. The van der Waals surface area contributed by atoms with E-state index in [4.69, 9.17) is 29.3 Å². The maximum Gasteiger partial charge on any atom is 0.422 e. The van der Waals surface area contributed by atoms with Gasteiger partial charge in [-0.3, -0.25) is 0 Å². The fraction of sp³-hybridized carbons (Fsp3) is 0.571. The Morgan fingerprint density at radius 3 is 2.46 bits per heavy atom. The van der Waals surface area contributed by atoms with Gasteiger partial charge in [0.15, 0.2) is 18.6 Å². The number of aryl methyl sites for hydroxylation is 1. The van der Waals surface area contributed by atoms with E-state index in [0.717, 1.165) is 80.1 Å². The Balaban J connectivity index is 1.25. The summed E-state index contributed by atoms with van der Waals surface area (Å²) in [5, 5.41) is 9.57. The highest BCUT2D eigenvalue weighted by molar-refractivity contribution is 6.07. The Kier molecular flexibility index (Phi) is 10.2. The van der Waals surface area contributed by atoms with Crippen LogP contribution >= 0.6 is 0 Å². The highest BCUT2D eigenvalue weighted by Gasteiger charge is 2.48. The molecular formula is C42H52F3N7O4. The molecule has 1 N–H and O–H groups in total. The van der Waals surface area contributed by atoms with Crippen LogP contribution in [0.4, 0.5) is 23.8 Å². The molecule has 4 fully saturated rings. The van der Waals surface area contributed by atoms with E-state index in [0.29, 0.717) is 66.5 Å². The lowest BCUT2D eigenvalue weighted by atomic mass is 9.72. The molecule has 0 bridgehead atoms. The number of carbonyl (C=O) groups is 1. The molecule has 8 rings (SSSR count). The van der Waals surface area contributed by atoms with E-state index in [1.165, 1.54) is 0 Å².